The molecule has 0 aliphatic carbocycles. The third-order valence-electron chi connectivity index (χ3n) is 5.61. The van der Waals surface area contributed by atoms with Crippen LogP contribution < -0.4 is 9.47 Å². The molecule has 0 radical (unpaired) electrons. The van der Waals surface area contributed by atoms with Gasteiger partial charge in [0.15, 0.2) is 0 Å². The minimum absolute atomic E-state index is 0.0650. The zero-order valence-corrected chi connectivity index (χ0v) is 21.9. The standard InChI is InChI=1S/C25H36O2.2C2H6/c1-7-19(3)17-26-23-13-9-21(10-14-23)25(5,6)22-11-15-24(16-12-22)27-18-20(4)8-2;2*1-2/h9-16,19-20H,7-8,17-18H2,1-6H3;2*1-2H3. The summed E-state index contributed by atoms with van der Waals surface area (Å²) < 4.78 is 11.8. The predicted octanol–water partition coefficient (Wildman–Crippen LogP) is 8.91. The first kappa shape index (κ1) is 29.0. The van der Waals surface area contributed by atoms with Gasteiger partial charge in [-0.05, 0) is 47.2 Å². The highest BCUT2D eigenvalue weighted by molar-refractivity contribution is 5.41. The van der Waals surface area contributed by atoms with E-state index in [1.807, 2.05) is 27.7 Å². The highest BCUT2D eigenvalue weighted by Gasteiger charge is 2.23. The van der Waals surface area contributed by atoms with Crippen molar-refractivity contribution in [1.29, 1.82) is 0 Å². The lowest BCUT2D eigenvalue weighted by Gasteiger charge is -2.26. The Kier molecular flexibility index (Phi) is 14.8. The molecule has 31 heavy (non-hydrogen) atoms. The Bertz CT molecular complexity index is 611. The lowest BCUT2D eigenvalue weighted by atomic mass is 9.78. The Morgan fingerprint density at radius 1 is 0.613 bits per heavy atom. The van der Waals surface area contributed by atoms with Crippen LogP contribution in [0.2, 0.25) is 0 Å². The maximum absolute atomic E-state index is 5.89. The molecule has 0 aliphatic heterocycles. The smallest absolute Gasteiger partial charge is 0.119 e. The lowest BCUT2D eigenvalue weighted by Crippen LogP contribution is -2.19. The fraction of sp³-hybridized carbons (Fsp3) is 0.586. The van der Waals surface area contributed by atoms with Crippen LogP contribution in [-0.2, 0) is 5.41 Å². The van der Waals surface area contributed by atoms with Crippen molar-refractivity contribution in [1.82, 2.24) is 0 Å². The van der Waals surface area contributed by atoms with Gasteiger partial charge in [-0.25, -0.2) is 0 Å². The van der Waals surface area contributed by atoms with Crippen LogP contribution in [0.5, 0.6) is 11.5 Å². The molecule has 2 heteroatoms. The van der Waals surface area contributed by atoms with Crippen molar-refractivity contribution in [3.8, 4) is 11.5 Å². The summed E-state index contributed by atoms with van der Waals surface area (Å²) in [5.74, 6) is 3.07. The fourth-order valence-corrected chi connectivity index (χ4v) is 2.81. The molecule has 2 nitrogen and oxygen atoms in total. The Balaban J connectivity index is 0.00000212. The van der Waals surface area contributed by atoms with E-state index in [-0.39, 0.29) is 5.41 Å². The number of hydrogen-bond donors (Lipinski definition) is 0. The third-order valence-corrected chi connectivity index (χ3v) is 5.61. The molecular formula is C29H48O2. The van der Waals surface area contributed by atoms with E-state index < -0.39 is 0 Å². The number of ether oxygens (including phenoxy) is 2. The molecule has 0 N–H and O–H groups in total. The summed E-state index contributed by atoms with van der Waals surface area (Å²) in [6.45, 7) is 22.9. The van der Waals surface area contributed by atoms with Gasteiger partial charge in [-0.15, -0.1) is 0 Å². The highest BCUT2D eigenvalue weighted by Crippen LogP contribution is 2.33. The molecular weight excluding hydrogens is 380 g/mol. The molecule has 0 fully saturated rings. The first-order valence-corrected chi connectivity index (χ1v) is 12.3. The van der Waals surface area contributed by atoms with Crippen LogP contribution in [0, 0.1) is 11.8 Å². The quantitative estimate of drug-likeness (QED) is 0.376. The van der Waals surface area contributed by atoms with E-state index in [1.54, 1.807) is 0 Å². The van der Waals surface area contributed by atoms with Crippen LogP contribution in [0.3, 0.4) is 0 Å². The largest absolute Gasteiger partial charge is 0.493 e. The zero-order chi connectivity index (χ0) is 23.9. The first-order chi connectivity index (χ1) is 14.9. The van der Waals surface area contributed by atoms with Crippen molar-refractivity contribution >= 4 is 0 Å². The molecule has 2 unspecified atom stereocenters. The van der Waals surface area contributed by atoms with Crippen LogP contribution in [0.4, 0.5) is 0 Å². The molecule has 2 rings (SSSR count). The van der Waals surface area contributed by atoms with E-state index in [1.165, 1.54) is 11.1 Å². The SMILES string of the molecule is CC.CC.CCC(C)COc1ccc(C(C)(C)c2ccc(OCC(C)CC)cc2)cc1. The Morgan fingerprint density at radius 2 is 0.903 bits per heavy atom. The van der Waals surface area contributed by atoms with E-state index in [9.17, 15) is 0 Å². The van der Waals surface area contributed by atoms with Crippen LogP contribution in [-0.4, -0.2) is 13.2 Å². The summed E-state index contributed by atoms with van der Waals surface area (Å²) in [6.07, 6.45) is 2.28. The minimum Gasteiger partial charge on any atom is -0.493 e. The van der Waals surface area contributed by atoms with Gasteiger partial charge in [0.25, 0.3) is 0 Å². The van der Waals surface area contributed by atoms with Crippen LogP contribution in [0.15, 0.2) is 48.5 Å². The van der Waals surface area contributed by atoms with E-state index in [0.29, 0.717) is 11.8 Å². The summed E-state index contributed by atoms with van der Waals surface area (Å²) in [5.41, 5.74) is 2.50. The van der Waals surface area contributed by atoms with Gasteiger partial charge in [-0.2, -0.15) is 0 Å². The average molecular weight is 429 g/mol. The van der Waals surface area contributed by atoms with Gasteiger partial charge in [-0.3, -0.25) is 0 Å². The Labute approximate surface area is 193 Å². The summed E-state index contributed by atoms with van der Waals surface area (Å²) in [6, 6.07) is 17.1. The zero-order valence-electron chi connectivity index (χ0n) is 21.9. The molecule has 0 bridgehead atoms. The molecule has 0 saturated carbocycles. The second kappa shape index (κ2) is 15.8. The van der Waals surface area contributed by atoms with Gasteiger partial charge in [-0.1, -0.05) is 106 Å². The van der Waals surface area contributed by atoms with Crippen molar-refractivity contribution in [3.63, 3.8) is 0 Å². The monoisotopic (exact) mass is 428 g/mol. The first-order valence-electron chi connectivity index (χ1n) is 12.3. The van der Waals surface area contributed by atoms with Gasteiger partial charge in [0, 0.05) is 5.41 Å². The molecule has 0 heterocycles. The second-order valence-corrected chi connectivity index (χ2v) is 8.32. The highest BCUT2D eigenvalue weighted by atomic mass is 16.5. The molecule has 2 atom stereocenters. The molecule has 0 spiro atoms. The maximum Gasteiger partial charge on any atom is 0.119 e. The van der Waals surface area contributed by atoms with Crippen molar-refractivity contribution in [2.45, 2.75) is 87.5 Å². The lowest BCUT2D eigenvalue weighted by molar-refractivity contribution is 0.256. The van der Waals surface area contributed by atoms with Gasteiger partial charge < -0.3 is 9.47 Å². The van der Waals surface area contributed by atoms with Gasteiger partial charge >= 0.3 is 0 Å². The number of hydrogen-bond acceptors (Lipinski definition) is 2. The third kappa shape index (κ3) is 9.80. The van der Waals surface area contributed by atoms with E-state index in [0.717, 1.165) is 37.6 Å². The van der Waals surface area contributed by atoms with Crippen molar-refractivity contribution in [3.05, 3.63) is 59.7 Å². The maximum atomic E-state index is 5.89. The van der Waals surface area contributed by atoms with Gasteiger partial charge in [0.05, 0.1) is 13.2 Å². The molecule has 0 aromatic heterocycles. The Morgan fingerprint density at radius 3 is 1.16 bits per heavy atom. The summed E-state index contributed by atoms with van der Waals surface area (Å²) >= 11 is 0. The summed E-state index contributed by atoms with van der Waals surface area (Å²) in [4.78, 5) is 0. The second-order valence-electron chi connectivity index (χ2n) is 8.32. The topological polar surface area (TPSA) is 18.5 Å². The molecule has 2 aromatic carbocycles. The predicted molar refractivity (Wildman–Crippen MR) is 138 cm³/mol. The molecule has 0 aliphatic rings. The summed E-state index contributed by atoms with van der Waals surface area (Å²) in [5, 5.41) is 0. The molecule has 0 amide bonds. The normalized spacial score (nSPS) is 12.5. The average Bonchev–Trinajstić information content (AvgIpc) is 2.84. The molecule has 0 saturated heterocycles. The van der Waals surface area contributed by atoms with E-state index >= 15 is 0 Å². The van der Waals surface area contributed by atoms with Crippen molar-refractivity contribution < 1.29 is 9.47 Å². The van der Waals surface area contributed by atoms with Gasteiger partial charge in [0.1, 0.15) is 11.5 Å². The molecule has 2 aromatic rings. The van der Waals surface area contributed by atoms with Crippen molar-refractivity contribution in [2.75, 3.05) is 13.2 Å². The van der Waals surface area contributed by atoms with Crippen molar-refractivity contribution in [2.24, 2.45) is 11.8 Å². The van der Waals surface area contributed by atoms with Crippen LogP contribution >= 0.6 is 0 Å². The van der Waals surface area contributed by atoms with E-state index in [2.05, 4.69) is 90.1 Å². The van der Waals surface area contributed by atoms with E-state index in [4.69, 9.17) is 9.47 Å². The minimum atomic E-state index is -0.0650. The Hall–Kier alpha value is -1.96. The number of benzene rings is 2. The van der Waals surface area contributed by atoms with Gasteiger partial charge in [0.2, 0.25) is 0 Å². The molecule has 176 valence electrons. The summed E-state index contributed by atoms with van der Waals surface area (Å²) in [7, 11) is 0. The van der Waals surface area contributed by atoms with Crippen LogP contribution in [0.1, 0.15) is 93.2 Å². The van der Waals surface area contributed by atoms with Crippen LogP contribution in [0.25, 0.3) is 0 Å². The fourth-order valence-electron chi connectivity index (χ4n) is 2.81. The number of rotatable bonds is 10.